The van der Waals surface area contributed by atoms with Gasteiger partial charge in [0.1, 0.15) is 5.75 Å². The van der Waals surface area contributed by atoms with Crippen molar-refractivity contribution >= 4 is 11.5 Å². The van der Waals surface area contributed by atoms with E-state index in [4.69, 9.17) is 0 Å². The molecule has 0 bridgehead atoms. The molecule has 3 heteroatoms. The Morgan fingerprint density at radius 3 is 2.00 bits per heavy atom. The summed E-state index contributed by atoms with van der Waals surface area (Å²) in [6, 6.07) is 3.98. The minimum Gasteiger partial charge on any atom is -0.507 e. The number of carboxylic acids is 1. The van der Waals surface area contributed by atoms with Crippen LogP contribution in [0.25, 0.3) is 5.57 Å². The molecule has 0 aliphatic heterocycles. The SMILES string of the molecule is CC#CC1(C(=O)O)C=CC=C(c2cc(C(C)(C)C)c(O)c(C(C)(C)C)c2)C1. The normalized spacial score (nSPS) is 19.9. The van der Waals surface area contributed by atoms with Crippen molar-refractivity contribution in [2.75, 3.05) is 0 Å². The number of aliphatic carboxylic acids is 1. The highest BCUT2D eigenvalue weighted by Crippen LogP contribution is 2.43. The average Bonchev–Trinajstić information content (AvgIpc) is 2.53. The summed E-state index contributed by atoms with van der Waals surface area (Å²) in [4.78, 5) is 11.9. The van der Waals surface area contributed by atoms with E-state index in [1.165, 1.54) is 0 Å². The third-order valence-corrected chi connectivity index (χ3v) is 4.97. The zero-order valence-electron chi connectivity index (χ0n) is 17.4. The number of benzene rings is 1. The molecule has 27 heavy (non-hydrogen) atoms. The lowest BCUT2D eigenvalue weighted by Gasteiger charge is -2.30. The first-order valence-corrected chi connectivity index (χ1v) is 9.26. The number of carbonyl (C=O) groups is 1. The smallest absolute Gasteiger partial charge is 0.326 e. The molecular formula is C24H30O3. The molecule has 0 saturated carbocycles. The zero-order chi connectivity index (χ0) is 20.6. The molecule has 2 rings (SSSR count). The highest BCUT2D eigenvalue weighted by atomic mass is 16.4. The maximum absolute atomic E-state index is 11.9. The Hall–Kier alpha value is -2.47. The van der Waals surface area contributed by atoms with Crippen LogP contribution in [0.15, 0.2) is 30.4 Å². The summed E-state index contributed by atoms with van der Waals surface area (Å²) in [5.74, 6) is 5.02. The molecule has 1 aromatic rings. The van der Waals surface area contributed by atoms with Gasteiger partial charge in [0, 0.05) is 17.5 Å². The first kappa shape index (κ1) is 20.8. The van der Waals surface area contributed by atoms with Crippen LogP contribution in [-0.4, -0.2) is 16.2 Å². The first-order chi connectivity index (χ1) is 12.3. The molecular weight excluding hydrogens is 336 g/mol. The highest BCUT2D eigenvalue weighted by molar-refractivity contribution is 5.87. The topological polar surface area (TPSA) is 57.5 Å². The van der Waals surface area contributed by atoms with Gasteiger partial charge in [-0.3, -0.25) is 4.79 Å². The molecule has 0 spiro atoms. The third-order valence-electron chi connectivity index (χ3n) is 4.97. The zero-order valence-corrected chi connectivity index (χ0v) is 17.4. The fourth-order valence-electron chi connectivity index (χ4n) is 3.42. The van der Waals surface area contributed by atoms with Gasteiger partial charge in [0.2, 0.25) is 0 Å². The summed E-state index contributed by atoms with van der Waals surface area (Å²) in [5, 5.41) is 20.7. The van der Waals surface area contributed by atoms with Crippen molar-refractivity contribution < 1.29 is 15.0 Å². The molecule has 1 aromatic carbocycles. The summed E-state index contributed by atoms with van der Waals surface area (Å²) in [5.41, 5.74) is 1.90. The molecule has 2 N–H and O–H groups in total. The minimum atomic E-state index is -1.21. The highest BCUT2D eigenvalue weighted by Gasteiger charge is 2.37. The second-order valence-corrected chi connectivity index (χ2v) is 9.30. The fourth-order valence-corrected chi connectivity index (χ4v) is 3.42. The van der Waals surface area contributed by atoms with E-state index in [0.29, 0.717) is 12.2 Å². The van der Waals surface area contributed by atoms with Crippen molar-refractivity contribution in [3.63, 3.8) is 0 Å². The van der Waals surface area contributed by atoms with Gasteiger partial charge in [0.15, 0.2) is 5.41 Å². The predicted molar refractivity (Wildman–Crippen MR) is 111 cm³/mol. The maximum atomic E-state index is 11.9. The molecule has 1 atom stereocenters. The van der Waals surface area contributed by atoms with Crippen molar-refractivity contribution in [1.29, 1.82) is 0 Å². The van der Waals surface area contributed by atoms with E-state index in [0.717, 1.165) is 22.3 Å². The van der Waals surface area contributed by atoms with Crippen molar-refractivity contribution in [3.05, 3.63) is 47.1 Å². The first-order valence-electron chi connectivity index (χ1n) is 9.26. The Morgan fingerprint density at radius 1 is 1.07 bits per heavy atom. The lowest BCUT2D eigenvalue weighted by molar-refractivity contribution is -0.143. The van der Waals surface area contributed by atoms with Gasteiger partial charge >= 0.3 is 5.97 Å². The van der Waals surface area contributed by atoms with Gasteiger partial charge in [-0.1, -0.05) is 65.7 Å². The number of hydrogen-bond donors (Lipinski definition) is 2. The van der Waals surface area contributed by atoms with Gasteiger partial charge in [0.05, 0.1) is 0 Å². The summed E-state index contributed by atoms with van der Waals surface area (Å²) < 4.78 is 0. The van der Waals surface area contributed by atoms with Gasteiger partial charge in [-0.05, 0) is 41.0 Å². The maximum Gasteiger partial charge on any atom is 0.326 e. The number of carboxylic acid groups (broad SMARTS) is 1. The molecule has 1 aliphatic rings. The van der Waals surface area contributed by atoms with E-state index in [2.05, 4.69) is 53.4 Å². The summed E-state index contributed by atoms with van der Waals surface area (Å²) in [7, 11) is 0. The van der Waals surface area contributed by atoms with Crippen LogP contribution in [0.2, 0.25) is 0 Å². The number of aromatic hydroxyl groups is 1. The van der Waals surface area contributed by atoms with E-state index < -0.39 is 11.4 Å². The quantitative estimate of drug-likeness (QED) is 0.687. The molecule has 0 fully saturated rings. The molecule has 0 saturated heterocycles. The fraction of sp³-hybridized carbons (Fsp3) is 0.458. The van der Waals surface area contributed by atoms with Crippen LogP contribution in [0.3, 0.4) is 0 Å². The van der Waals surface area contributed by atoms with Gasteiger partial charge in [-0.25, -0.2) is 0 Å². The Kier molecular flexibility index (Phi) is 5.34. The van der Waals surface area contributed by atoms with Crippen LogP contribution >= 0.6 is 0 Å². The summed E-state index contributed by atoms with van der Waals surface area (Å²) in [6.07, 6.45) is 5.68. The van der Waals surface area contributed by atoms with Crippen LogP contribution < -0.4 is 0 Å². The van der Waals surface area contributed by atoms with Crippen LogP contribution in [0.5, 0.6) is 5.75 Å². The van der Waals surface area contributed by atoms with E-state index >= 15 is 0 Å². The van der Waals surface area contributed by atoms with Crippen LogP contribution in [0.4, 0.5) is 0 Å². The monoisotopic (exact) mass is 366 g/mol. The number of rotatable bonds is 2. The van der Waals surface area contributed by atoms with Crippen LogP contribution in [0, 0.1) is 17.3 Å². The summed E-state index contributed by atoms with van der Waals surface area (Å²) in [6.45, 7) is 14.1. The van der Waals surface area contributed by atoms with Crippen LogP contribution in [-0.2, 0) is 15.6 Å². The Balaban J connectivity index is 2.69. The van der Waals surface area contributed by atoms with Gasteiger partial charge in [-0.2, -0.15) is 0 Å². The number of allylic oxidation sites excluding steroid dienone is 3. The Morgan fingerprint density at radius 2 is 1.59 bits per heavy atom. The van der Waals surface area contributed by atoms with E-state index in [1.807, 2.05) is 18.2 Å². The van der Waals surface area contributed by atoms with Crippen molar-refractivity contribution in [2.45, 2.75) is 65.7 Å². The molecule has 144 valence electrons. The lowest BCUT2D eigenvalue weighted by atomic mass is 9.74. The molecule has 0 amide bonds. The van der Waals surface area contributed by atoms with E-state index in [-0.39, 0.29) is 10.8 Å². The molecule has 0 aromatic heterocycles. The minimum absolute atomic E-state index is 0.238. The van der Waals surface area contributed by atoms with Crippen molar-refractivity contribution in [3.8, 4) is 17.6 Å². The van der Waals surface area contributed by atoms with Gasteiger partial charge < -0.3 is 10.2 Å². The second kappa shape index (κ2) is 6.93. The lowest BCUT2D eigenvalue weighted by Crippen LogP contribution is -2.29. The third kappa shape index (κ3) is 4.11. The number of phenolic OH excluding ortho intramolecular Hbond substituents is 1. The second-order valence-electron chi connectivity index (χ2n) is 9.30. The average molecular weight is 367 g/mol. The standard InChI is InChI=1S/C24H30O3/c1-8-11-24(21(26)27)12-9-10-16(15-24)17-13-18(22(2,3)4)20(25)19(14-17)23(5,6)7/h9-10,12-14,25H,15H2,1-7H3,(H,26,27). The van der Waals surface area contributed by atoms with Gasteiger partial charge in [-0.15, -0.1) is 5.92 Å². The summed E-state index contributed by atoms with van der Waals surface area (Å²) >= 11 is 0. The largest absolute Gasteiger partial charge is 0.507 e. The van der Waals surface area contributed by atoms with Gasteiger partial charge in [0.25, 0.3) is 0 Å². The van der Waals surface area contributed by atoms with E-state index in [1.54, 1.807) is 19.1 Å². The number of phenols is 1. The molecule has 3 nitrogen and oxygen atoms in total. The van der Waals surface area contributed by atoms with Crippen molar-refractivity contribution in [2.24, 2.45) is 5.41 Å². The predicted octanol–water partition coefficient (Wildman–Crippen LogP) is 5.42. The molecule has 0 heterocycles. The Bertz CT molecular complexity index is 842. The Labute approximate surface area is 162 Å². The van der Waals surface area contributed by atoms with Crippen LogP contribution in [0.1, 0.15) is 71.6 Å². The van der Waals surface area contributed by atoms with E-state index in [9.17, 15) is 15.0 Å². The molecule has 0 radical (unpaired) electrons. The number of hydrogen-bond acceptors (Lipinski definition) is 2. The van der Waals surface area contributed by atoms with Crippen molar-refractivity contribution in [1.82, 2.24) is 0 Å². The molecule has 1 aliphatic carbocycles. The molecule has 1 unspecified atom stereocenters.